The van der Waals surface area contributed by atoms with E-state index in [9.17, 15) is 19.2 Å². The van der Waals surface area contributed by atoms with Crippen molar-refractivity contribution in [3.63, 3.8) is 0 Å². The van der Waals surface area contributed by atoms with Gasteiger partial charge in [-0.25, -0.2) is 0 Å². The van der Waals surface area contributed by atoms with E-state index in [0.717, 1.165) is 0 Å². The van der Waals surface area contributed by atoms with Crippen LogP contribution >= 0.6 is 0 Å². The molecule has 1 fully saturated rings. The Kier molecular flexibility index (Phi) is 15.0. The molecule has 1 heterocycles. The Morgan fingerprint density at radius 1 is 0.500 bits per heavy atom. The molecule has 0 aromatic rings. The van der Waals surface area contributed by atoms with Crippen LogP contribution in [-0.2, 0) is 38.1 Å². The third kappa shape index (κ3) is 13.9. The second kappa shape index (κ2) is 17.3. The number of rotatable bonds is 6. The van der Waals surface area contributed by atoms with Crippen molar-refractivity contribution >= 4 is 23.8 Å². The molecule has 0 saturated carbocycles. The number of hydrogen-bond donors (Lipinski definition) is 2. The summed E-state index contributed by atoms with van der Waals surface area (Å²) in [4.78, 5) is 48.9. The Morgan fingerprint density at radius 3 is 1.03 bits per heavy atom. The van der Waals surface area contributed by atoms with Crippen LogP contribution in [0.4, 0.5) is 0 Å². The van der Waals surface area contributed by atoms with E-state index >= 15 is 0 Å². The van der Waals surface area contributed by atoms with Crippen LogP contribution in [-0.4, -0.2) is 123 Å². The number of ether oxygens (including phenoxy) is 4. The molecule has 1 aliphatic heterocycles. The van der Waals surface area contributed by atoms with Gasteiger partial charge < -0.3 is 39.0 Å². The van der Waals surface area contributed by atoms with Gasteiger partial charge in [-0.05, 0) is 0 Å². The second-order valence-electron chi connectivity index (χ2n) is 7.00. The van der Waals surface area contributed by atoms with Crippen molar-refractivity contribution in [2.24, 2.45) is 0 Å². The van der Waals surface area contributed by atoms with E-state index < -0.39 is 11.9 Å². The highest BCUT2D eigenvalue weighted by molar-refractivity contribution is 5.81. The molecule has 32 heavy (non-hydrogen) atoms. The lowest BCUT2D eigenvalue weighted by molar-refractivity contribution is -0.141. The van der Waals surface area contributed by atoms with Crippen molar-refractivity contribution in [3.05, 3.63) is 0 Å². The lowest BCUT2D eigenvalue weighted by atomic mass is 10.2. The fourth-order valence-corrected chi connectivity index (χ4v) is 2.81. The summed E-state index contributed by atoms with van der Waals surface area (Å²) in [5.41, 5.74) is 0. The van der Waals surface area contributed by atoms with E-state index in [1.165, 1.54) is 9.80 Å². The minimum Gasteiger partial charge on any atom is -0.481 e. The Hall–Kier alpha value is -2.28. The molecule has 0 atom stereocenters. The first-order valence-corrected chi connectivity index (χ1v) is 10.7. The van der Waals surface area contributed by atoms with Crippen molar-refractivity contribution < 1.29 is 48.3 Å². The van der Waals surface area contributed by atoms with E-state index in [0.29, 0.717) is 52.6 Å². The molecule has 0 aromatic heterocycles. The number of nitrogens with zero attached hydrogens (tertiary/aromatic N) is 2. The molecule has 0 aliphatic carbocycles. The molecular weight excluding hydrogens is 428 g/mol. The molecule has 0 radical (unpaired) electrons. The van der Waals surface area contributed by atoms with Crippen LogP contribution in [0.3, 0.4) is 0 Å². The molecule has 0 spiro atoms. The molecule has 1 rings (SSSR count). The molecular formula is C20H34N2O10. The summed E-state index contributed by atoms with van der Waals surface area (Å²) in [7, 11) is 0. The Morgan fingerprint density at radius 2 is 0.781 bits per heavy atom. The molecule has 0 bridgehead atoms. The number of amides is 2. The first kappa shape index (κ1) is 27.8. The SMILES string of the molecule is O=C(O)CCC(=O)N1CCOCCOCCN(C(=O)CCC(=O)O)CCOCCOCC1. The Balaban J connectivity index is 2.49. The zero-order valence-corrected chi connectivity index (χ0v) is 18.4. The van der Waals surface area contributed by atoms with Gasteiger partial charge >= 0.3 is 11.9 Å². The number of aliphatic carboxylic acids is 2. The summed E-state index contributed by atoms with van der Waals surface area (Å²) in [6.45, 7) is 3.50. The highest BCUT2D eigenvalue weighted by atomic mass is 16.5. The minimum atomic E-state index is -1.02. The van der Waals surface area contributed by atoms with Crippen LogP contribution in [0.5, 0.6) is 0 Å². The molecule has 1 saturated heterocycles. The first-order valence-electron chi connectivity index (χ1n) is 10.7. The molecule has 1 aliphatic rings. The van der Waals surface area contributed by atoms with Gasteiger partial charge in [0.15, 0.2) is 0 Å². The van der Waals surface area contributed by atoms with Crippen LogP contribution in [0.15, 0.2) is 0 Å². The molecule has 12 nitrogen and oxygen atoms in total. The molecule has 0 unspecified atom stereocenters. The zero-order valence-electron chi connectivity index (χ0n) is 18.4. The second-order valence-corrected chi connectivity index (χ2v) is 7.00. The molecule has 184 valence electrons. The van der Waals surface area contributed by atoms with E-state index in [4.69, 9.17) is 29.2 Å². The summed E-state index contributed by atoms with van der Waals surface area (Å²) in [5, 5.41) is 17.5. The number of carbonyl (C=O) groups excluding carboxylic acids is 2. The van der Waals surface area contributed by atoms with Crippen LogP contribution < -0.4 is 0 Å². The maximum Gasteiger partial charge on any atom is 0.303 e. The predicted octanol–water partition coefficient (Wildman–Crippen LogP) is -0.547. The van der Waals surface area contributed by atoms with Crippen molar-refractivity contribution in [2.75, 3.05) is 79.0 Å². The minimum absolute atomic E-state index is 0.0801. The predicted molar refractivity (Wildman–Crippen MR) is 110 cm³/mol. The summed E-state index contributed by atoms with van der Waals surface area (Å²) in [6.07, 6.45) is -0.615. The highest BCUT2D eigenvalue weighted by Crippen LogP contribution is 2.01. The van der Waals surface area contributed by atoms with Crippen molar-refractivity contribution in [3.8, 4) is 0 Å². The summed E-state index contributed by atoms with van der Waals surface area (Å²) in [5.74, 6) is -2.59. The standard InChI is InChI=1S/C20H34N2O10/c23-17(1-3-19(25)26)21-5-9-29-13-15-31-11-7-22(18(24)2-4-20(27)28)8-12-32-16-14-30-10-6-21/h1-16H2,(H,25,26)(H,27,28). The maximum atomic E-state index is 12.2. The third-order valence-electron chi connectivity index (χ3n) is 4.58. The van der Waals surface area contributed by atoms with Crippen molar-refractivity contribution in [1.29, 1.82) is 0 Å². The Bertz CT molecular complexity index is 517. The lowest BCUT2D eigenvalue weighted by Crippen LogP contribution is -2.38. The smallest absolute Gasteiger partial charge is 0.303 e. The maximum absolute atomic E-state index is 12.2. The average molecular weight is 462 g/mol. The topological polar surface area (TPSA) is 152 Å². The largest absolute Gasteiger partial charge is 0.481 e. The van der Waals surface area contributed by atoms with Gasteiger partial charge in [0, 0.05) is 39.0 Å². The number of hydrogen-bond acceptors (Lipinski definition) is 8. The van der Waals surface area contributed by atoms with E-state index in [1.54, 1.807) is 0 Å². The average Bonchev–Trinajstić information content (AvgIpc) is 2.75. The summed E-state index contributed by atoms with van der Waals surface area (Å²) in [6, 6.07) is 0. The van der Waals surface area contributed by atoms with Crippen molar-refractivity contribution in [2.45, 2.75) is 25.7 Å². The van der Waals surface area contributed by atoms with E-state index in [-0.39, 0.29) is 63.9 Å². The van der Waals surface area contributed by atoms with Crippen LogP contribution in [0, 0.1) is 0 Å². The molecule has 2 N–H and O–H groups in total. The first-order chi connectivity index (χ1) is 15.4. The van der Waals surface area contributed by atoms with Crippen molar-refractivity contribution in [1.82, 2.24) is 9.80 Å². The van der Waals surface area contributed by atoms with Crippen LogP contribution in [0.2, 0.25) is 0 Å². The number of carboxylic acid groups (broad SMARTS) is 2. The molecule has 0 aromatic carbocycles. The van der Waals surface area contributed by atoms with Gasteiger partial charge in [0.1, 0.15) is 0 Å². The van der Waals surface area contributed by atoms with E-state index in [1.807, 2.05) is 0 Å². The van der Waals surface area contributed by atoms with Gasteiger partial charge in [0.2, 0.25) is 11.8 Å². The van der Waals surface area contributed by atoms with Gasteiger partial charge in [0.25, 0.3) is 0 Å². The third-order valence-corrected chi connectivity index (χ3v) is 4.58. The monoisotopic (exact) mass is 462 g/mol. The Labute approximate surface area is 187 Å². The number of carboxylic acids is 2. The zero-order chi connectivity index (χ0) is 23.6. The van der Waals surface area contributed by atoms with Gasteiger partial charge in [0.05, 0.1) is 65.7 Å². The molecule has 12 heteroatoms. The number of carbonyl (C=O) groups is 4. The normalized spacial score (nSPS) is 18.4. The quantitative estimate of drug-likeness (QED) is 0.526. The molecule has 2 amide bonds. The van der Waals surface area contributed by atoms with E-state index in [2.05, 4.69) is 0 Å². The lowest BCUT2D eigenvalue weighted by Gasteiger charge is -2.24. The fourth-order valence-electron chi connectivity index (χ4n) is 2.81. The summed E-state index contributed by atoms with van der Waals surface area (Å²) < 4.78 is 21.9. The van der Waals surface area contributed by atoms with Crippen LogP contribution in [0.25, 0.3) is 0 Å². The van der Waals surface area contributed by atoms with Crippen LogP contribution in [0.1, 0.15) is 25.7 Å². The summed E-state index contributed by atoms with van der Waals surface area (Å²) >= 11 is 0. The van der Waals surface area contributed by atoms with Gasteiger partial charge in [-0.15, -0.1) is 0 Å². The van der Waals surface area contributed by atoms with Gasteiger partial charge in [-0.2, -0.15) is 0 Å². The fraction of sp³-hybridized carbons (Fsp3) is 0.800. The highest BCUT2D eigenvalue weighted by Gasteiger charge is 2.16. The van der Waals surface area contributed by atoms with Gasteiger partial charge in [-0.1, -0.05) is 0 Å². The van der Waals surface area contributed by atoms with Gasteiger partial charge in [-0.3, -0.25) is 19.2 Å².